The van der Waals surface area contributed by atoms with Crippen LogP contribution in [-0.4, -0.2) is 67.7 Å². The van der Waals surface area contributed by atoms with Crippen molar-refractivity contribution < 1.29 is 28.9 Å². The van der Waals surface area contributed by atoms with Crippen LogP contribution in [0.1, 0.15) is 40.0 Å². The van der Waals surface area contributed by atoms with Crippen molar-refractivity contribution in [2.24, 2.45) is 5.41 Å². The van der Waals surface area contributed by atoms with Gasteiger partial charge in [-0.2, -0.15) is 0 Å². The van der Waals surface area contributed by atoms with Crippen molar-refractivity contribution in [2.75, 3.05) is 40.0 Å². The highest BCUT2D eigenvalue weighted by Gasteiger charge is 2.46. The van der Waals surface area contributed by atoms with Gasteiger partial charge < -0.3 is 24.2 Å². The van der Waals surface area contributed by atoms with Crippen LogP contribution in [0.15, 0.2) is 0 Å². The molecule has 134 valence electrons. The Hall–Kier alpha value is -1.34. The number of carbonyl (C=O) groups is 2. The molecule has 23 heavy (non-hydrogen) atoms. The topological polar surface area (TPSA) is 85.3 Å². The molecule has 0 aromatic rings. The summed E-state index contributed by atoms with van der Waals surface area (Å²) in [5.41, 5.74) is -1.53. The lowest BCUT2D eigenvalue weighted by molar-refractivity contribution is -0.149. The molecule has 1 saturated heterocycles. The van der Waals surface area contributed by atoms with E-state index in [0.29, 0.717) is 39.2 Å². The molecule has 1 amide bonds. The van der Waals surface area contributed by atoms with Crippen LogP contribution in [0.3, 0.4) is 0 Å². The van der Waals surface area contributed by atoms with E-state index in [1.165, 1.54) is 4.90 Å². The van der Waals surface area contributed by atoms with Gasteiger partial charge in [0, 0.05) is 40.0 Å². The Bertz CT molecular complexity index is 406. The molecule has 0 bridgehead atoms. The highest BCUT2D eigenvalue weighted by molar-refractivity contribution is 5.78. The SMILES string of the molecule is COCCCOCCC1(C(=O)O)CCN(C(=O)OC(C)(C)C)C1. The zero-order chi connectivity index (χ0) is 17.5. The Morgan fingerprint density at radius 1 is 1.22 bits per heavy atom. The maximum absolute atomic E-state index is 12.1. The summed E-state index contributed by atoms with van der Waals surface area (Å²) in [5, 5.41) is 9.58. The molecule has 0 aromatic carbocycles. The average Bonchev–Trinajstić information content (AvgIpc) is 2.87. The fourth-order valence-electron chi connectivity index (χ4n) is 2.52. The van der Waals surface area contributed by atoms with E-state index in [9.17, 15) is 14.7 Å². The predicted octanol–water partition coefficient (Wildman–Crippen LogP) is 2.14. The number of likely N-dealkylation sites (tertiary alicyclic amines) is 1. The van der Waals surface area contributed by atoms with E-state index in [1.807, 2.05) is 0 Å². The maximum atomic E-state index is 12.1. The number of hydrogen-bond acceptors (Lipinski definition) is 5. The molecule has 7 heteroatoms. The summed E-state index contributed by atoms with van der Waals surface area (Å²) in [5.74, 6) is -0.885. The zero-order valence-electron chi connectivity index (χ0n) is 14.6. The molecule has 1 aliphatic heterocycles. The van der Waals surface area contributed by atoms with Gasteiger partial charge in [-0.1, -0.05) is 0 Å². The van der Waals surface area contributed by atoms with Crippen molar-refractivity contribution in [3.63, 3.8) is 0 Å². The maximum Gasteiger partial charge on any atom is 0.410 e. The molecule has 1 aliphatic rings. The smallest absolute Gasteiger partial charge is 0.410 e. The normalized spacial score (nSPS) is 21.5. The molecule has 1 atom stereocenters. The third-order valence-corrected chi connectivity index (χ3v) is 3.82. The molecule has 1 fully saturated rings. The second-order valence-electron chi connectivity index (χ2n) is 6.95. The molecular formula is C16H29NO6. The average molecular weight is 331 g/mol. The number of hydrogen-bond donors (Lipinski definition) is 1. The van der Waals surface area contributed by atoms with Gasteiger partial charge in [-0.05, 0) is 40.0 Å². The summed E-state index contributed by atoms with van der Waals surface area (Å²) in [6, 6.07) is 0. The second kappa shape index (κ2) is 8.49. The van der Waals surface area contributed by atoms with Gasteiger partial charge >= 0.3 is 12.1 Å². The van der Waals surface area contributed by atoms with E-state index in [1.54, 1.807) is 27.9 Å². The largest absolute Gasteiger partial charge is 0.481 e. The van der Waals surface area contributed by atoms with Crippen molar-refractivity contribution in [1.29, 1.82) is 0 Å². The Labute approximate surface area is 137 Å². The molecule has 0 radical (unpaired) electrons. The molecule has 0 aliphatic carbocycles. The molecule has 7 nitrogen and oxygen atoms in total. The first-order chi connectivity index (χ1) is 10.7. The Morgan fingerprint density at radius 2 is 1.91 bits per heavy atom. The lowest BCUT2D eigenvalue weighted by Gasteiger charge is -2.27. The molecule has 1 unspecified atom stereocenters. The second-order valence-corrected chi connectivity index (χ2v) is 6.95. The highest BCUT2D eigenvalue weighted by Crippen LogP contribution is 2.35. The summed E-state index contributed by atoms with van der Waals surface area (Å²) in [7, 11) is 1.63. The molecule has 0 aromatic heterocycles. The third kappa shape index (κ3) is 6.35. The zero-order valence-corrected chi connectivity index (χ0v) is 14.6. The molecular weight excluding hydrogens is 302 g/mol. The first-order valence-electron chi connectivity index (χ1n) is 7.98. The van der Waals surface area contributed by atoms with Crippen molar-refractivity contribution in [3.8, 4) is 0 Å². The van der Waals surface area contributed by atoms with Gasteiger partial charge in [-0.25, -0.2) is 4.79 Å². The lowest BCUT2D eigenvalue weighted by atomic mass is 9.84. The first kappa shape index (κ1) is 19.7. The number of aliphatic carboxylic acids is 1. The molecule has 1 rings (SSSR count). The van der Waals surface area contributed by atoms with E-state index in [4.69, 9.17) is 14.2 Å². The first-order valence-corrected chi connectivity index (χ1v) is 7.98. The van der Waals surface area contributed by atoms with Gasteiger partial charge in [0.1, 0.15) is 5.60 Å². The monoisotopic (exact) mass is 331 g/mol. The number of carboxylic acid groups (broad SMARTS) is 1. The summed E-state index contributed by atoms with van der Waals surface area (Å²) in [6.07, 6.45) is 1.12. The van der Waals surface area contributed by atoms with Crippen molar-refractivity contribution in [1.82, 2.24) is 4.90 Å². The van der Waals surface area contributed by atoms with Gasteiger partial charge in [-0.15, -0.1) is 0 Å². The number of rotatable bonds is 8. The minimum absolute atomic E-state index is 0.165. The van der Waals surface area contributed by atoms with E-state index in [2.05, 4.69) is 0 Å². The van der Waals surface area contributed by atoms with Gasteiger partial charge in [0.05, 0.1) is 5.41 Å². The van der Waals surface area contributed by atoms with Crippen LogP contribution in [0.4, 0.5) is 4.79 Å². The lowest BCUT2D eigenvalue weighted by Crippen LogP contribution is -2.40. The number of methoxy groups -OCH3 is 1. The number of carboxylic acids is 1. The Kier molecular flexibility index (Phi) is 7.28. The Balaban J connectivity index is 2.49. The van der Waals surface area contributed by atoms with Crippen molar-refractivity contribution in [3.05, 3.63) is 0 Å². The van der Waals surface area contributed by atoms with Crippen LogP contribution in [-0.2, 0) is 19.0 Å². The van der Waals surface area contributed by atoms with Gasteiger partial charge in [0.15, 0.2) is 0 Å². The van der Waals surface area contributed by atoms with Gasteiger partial charge in [0.2, 0.25) is 0 Å². The molecule has 0 spiro atoms. The fourth-order valence-corrected chi connectivity index (χ4v) is 2.52. The number of carbonyl (C=O) groups excluding carboxylic acids is 1. The van der Waals surface area contributed by atoms with Crippen molar-refractivity contribution >= 4 is 12.1 Å². The number of amides is 1. The van der Waals surface area contributed by atoms with Crippen LogP contribution < -0.4 is 0 Å². The Morgan fingerprint density at radius 3 is 2.48 bits per heavy atom. The van der Waals surface area contributed by atoms with Gasteiger partial charge in [-0.3, -0.25) is 4.79 Å². The van der Waals surface area contributed by atoms with Crippen LogP contribution in [0.25, 0.3) is 0 Å². The fraction of sp³-hybridized carbons (Fsp3) is 0.875. The summed E-state index contributed by atoms with van der Waals surface area (Å²) in [4.78, 5) is 25.3. The van der Waals surface area contributed by atoms with Gasteiger partial charge in [0.25, 0.3) is 0 Å². The third-order valence-electron chi connectivity index (χ3n) is 3.82. The predicted molar refractivity (Wildman–Crippen MR) is 84.4 cm³/mol. The summed E-state index contributed by atoms with van der Waals surface area (Å²) < 4.78 is 15.7. The van der Waals surface area contributed by atoms with E-state index in [-0.39, 0.29) is 6.54 Å². The summed E-state index contributed by atoms with van der Waals surface area (Å²) >= 11 is 0. The van der Waals surface area contributed by atoms with E-state index < -0.39 is 23.1 Å². The standard InChI is InChI=1S/C16H29NO6/c1-15(2,3)23-14(20)17-8-6-16(12-17,13(18)19)7-11-22-10-5-9-21-4/h5-12H2,1-4H3,(H,18,19). The minimum Gasteiger partial charge on any atom is -0.481 e. The number of nitrogens with zero attached hydrogens (tertiary/aromatic N) is 1. The molecule has 1 heterocycles. The van der Waals surface area contributed by atoms with E-state index >= 15 is 0 Å². The van der Waals surface area contributed by atoms with Crippen LogP contribution in [0.5, 0.6) is 0 Å². The molecule has 0 saturated carbocycles. The molecule has 1 N–H and O–H groups in total. The number of ether oxygens (including phenoxy) is 3. The van der Waals surface area contributed by atoms with E-state index in [0.717, 1.165) is 6.42 Å². The quantitative estimate of drug-likeness (QED) is 0.686. The summed E-state index contributed by atoms with van der Waals surface area (Å²) in [6.45, 7) is 7.45. The minimum atomic E-state index is -0.946. The van der Waals surface area contributed by atoms with Crippen LogP contribution >= 0.6 is 0 Å². The van der Waals surface area contributed by atoms with Crippen LogP contribution in [0, 0.1) is 5.41 Å². The van der Waals surface area contributed by atoms with Crippen LogP contribution in [0.2, 0.25) is 0 Å². The van der Waals surface area contributed by atoms with Crippen molar-refractivity contribution in [2.45, 2.75) is 45.6 Å². The highest BCUT2D eigenvalue weighted by atomic mass is 16.6.